The van der Waals surface area contributed by atoms with Crippen molar-refractivity contribution in [2.45, 2.75) is 25.9 Å². The fourth-order valence-electron chi connectivity index (χ4n) is 0.599. The molecule has 0 aromatic rings. The lowest BCUT2D eigenvalue weighted by Gasteiger charge is -2.18. The zero-order valence-corrected chi connectivity index (χ0v) is 5.74. The van der Waals surface area contributed by atoms with Gasteiger partial charge in [-0.2, -0.15) is 0 Å². The summed E-state index contributed by atoms with van der Waals surface area (Å²) in [7, 11) is 0. The lowest BCUT2D eigenvalue weighted by Crippen LogP contribution is -3.10. The van der Waals surface area contributed by atoms with Crippen LogP contribution in [-0.2, 0) is 4.79 Å². The molecule has 0 saturated carbocycles. The predicted molar refractivity (Wildman–Crippen MR) is 34.9 cm³/mol. The maximum absolute atomic E-state index is 10.5. The zero-order valence-electron chi connectivity index (χ0n) is 5.74. The normalized spacial score (nSPS) is 15.8. The van der Waals surface area contributed by atoms with Gasteiger partial charge in [0.05, 0.1) is 0 Å². The van der Waals surface area contributed by atoms with Gasteiger partial charge in [0.2, 0.25) is 6.17 Å². The fraction of sp³-hybridized carbons (Fsp3) is 0.800. The number of nitroso groups, excluding NO2 is 1. The van der Waals surface area contributed by atoms with Gasteiger partial charge < -0.3 is 5.21 Å². The smallest absolute Gasteiger partial charge is 0.301 e. The molecule has 0 aromatic heterocycles. The molecule has 0 bridgehead atoms. The van der Waals surface area contributed by atoms with Crippen molar-refractivity contribution in [3.8, 4) is 0 Å². The molecule has 0 aliphatic rings. The van der Waals surface area contributed by atoms with E-state index in [0.717, 1.165) is 0 Å². The summed E-state index contributed by atoms with van der Waals surface area (Å²) in [5.41, 5.74) is 0. The Morgan fingerprint density at radius 3 is 2.70 bits per heavy atom. The molecular weight excluding hydrogens is 136 g/mol. The van der Waals surface area contributed by atoms with Gasteiger partial charge in [-0.3, -0.25) is 5.06 Å². The Kier molecular flexibility index (Phi) is 4.61. The second-order valence-corrected chi connectivity index (χ2v) is 1.93. The molecule has 0 spiro atoms. The van der Waals surface area contributed by atoms with Crippen LogP contribution in [0, 0.1) is 10.1 Å². The standard InChI is InChI=1S/C5H10N2O3/c1-2-3-5(6-9)7(10)4-8/h4-5,7H,2-3H2,1H3. The van der Waals surface area contributed by atoms with Crippen LogP contribution in [0.4, 0.5) is 0 Å². The molecule has 1 amide bonds. The Labute approximate surface area is 58.6 Å². The number of carbonyl (C=O) groups is 1. The van der Waals surface area contributed by atoms with Gasteiger partial charge >= 0.3 is 6.41 Å². The van der Waals surface area contributed by atoms with E-state index in [4.69, 9.17) is 0 Å². The van der Waals surface area contributed by atoms with Gasteiger partial charge in [0.15, 0.2) is 0 Å². The quantitative estimate of drug-likeness (QED) is 0.320. The second-order valence-electron chi connectivity index (χ2n) is 1.93. The first-order chi connectivity index (χ1) is 4.76. The summed E-state index contributed by atoms with van der Waals surface area (Å²) in [4.78, 5) is 19.7. The highest BCUT2D eigenvalue weighted by molar-refractivity contribution is 5.34. The molecule has 0 radical (unpaired) electrons. The van der Waals surface area contributed by atoms with Gasteiger partial charge in [0, 0.05) is 6.42 Å². The Hall–Kier alpha value is -0.810. The number of hydrogen-bond acceptors (Lipinski definition) is 4. The third-order valence-electron chi connectivity index (χ3n) is 1.13. The third kappa shape index (κ3) is 2.65. The Morgan fingerprint density at radius 2 is 2.40 bits per heavy atom. The minimum Gasteiger partial charge on any atom is -0.625 e. The van der Waals surface area contributed by atoms with Gasteiger partial charge in [0.25, 0.3) is 0 Å². The van der Waals surface area contributed by atoms with E-state index in [1.807, 2.05) is 6.92 Å². The molecule has 0 aliphatic carbocycles. The Balaban J connectivity index is 3.78. The monoisotopic (exact) mass is 146 g/mol. The fourth-order valence-corrected chi connectivity index (χ4v) is 0.599. The minimum atomic E-state index is -0.956. The topological polar surface area (TPSA) is 74.0 Å². The molecule has 0 heterocycles. The summed E-state index contributed by atoms with van der Waals surface area (Å²) in [5.74, 6) is 0. The zero-order chi connectivity index (χ0) is 7.98. The van der Waals surface area contributed by atoms with Crippen LogP contribution in [0.15, 0.2) is 5.18 Å². The van der Waals surface area contributed by atoms with Crippen molar-refractivity contribution in [1.29, 1.82) is 0 Å². The molecule has 0 fully saturated rings. The van der Waals surface area contributed by atoms with Gasteiger partial charge in [-0.25, -0.2) is 4.79 Å². The van der Waals surface area contributed by atoms with Crippen molar-refractivity contribution in [1.82, 2.24) is 0 Å². The number of carbonyl (C=O) groups excluding carboxylic acids is 1. The number of quaternary nitrogens is 1. The van der Waals surface area contributed by atoms with Crippen molar-refractivity contribution in [3.05, 3.63) is 10.1 Å². The van der Waals surface area contributed by atoms with E-state index in [9.17, 15) is 14.9 Å². The summed E-state index contributed by atoms with van der Waals surface area (Å²) < 4.78 is 0. The summed E-state index contributed by atoms with van der Waals surface area (Å²) in [5, 5.41) is 12.3. The van der Waals surface area contributed by atoms with Crippen molar-refractivity contribution in [2.75, 3.05) is 0 Å². The summed E-state index contributed by atoms with van der Waals surface area (Å²) in [6, 6.07) is 0. The van der Waals surface area contributed by atoms with Gasteiger partial charge in [-0.1, -0.05) is 6.92 Å². The molecule has 5 nitrogen and oxygen atoms in total. The Bertz CT molecular complexity index is 117. The first-order valence-corrected chi connectivity index (χ1v) is 3.07. The lowest BCUT2D eigenvalue weighted by atomic mass is 10.3. The van der Waals surface area contributed by atoms with E-state index in [0.29, 0.717) is 12.8 Å². The molecule has 0 rings (SSSR count). The van der Waals surface area contributed by atoms with E-state index >= 15 is 0 Å². The number of rotatable bonds is 5. The first kappa shape index (κ1) is 9.19. The number of hydroxylamine groups is 2. The van der Waals surface area contributed by atoms with Crippen molar-refractivity contribution in [2.24, 2.45) is 5.18 Å². The SMILES string of the molecule is CCCC(N=O)[NH+]([O-])C=O. The van der Waals surface area contributed by atoms with Crippen molar-refractivity contribution < 1.29 is 9.86 Å². The highest BCUT2D eigenvalue weighted by atomic mass is 16.5. The van der Waals surface area contributed by atoms with Crippen LogP contribution in [0.25, 0.3) is 0 Å². The van der Waals surface area contributed by atoms with E-state index in [1.54, 1.807) is 0 Å². The average Bonchev–Trinajstić information content (AvgIpc) is 1.99. The predicted octanol–water partition coefficient (Wildman–Crippen LogP) is -0.582. The van der Waals surface area contributed by atoms with Crippen LogP contribution < -0.4 is 5.06 Å². The van der Waals surface area contributed by atoms with E-state index in [2.05, 4.69) is 5.18 Å². The largest absolute Gasteiger partial charge is 0.625 e. The van der Waals surface area contributed by atoms with Crippen LogP contribution in [0.1, 0.15) is 19.8 Å². The maximum Gasteiger partial charge on any atom is 0.301 e. The van der Waals surface area contributed by atoms with Crippen LogP contribution in [0.5, 0.6) is 0 Å². The molecule has 58 valence electrons. The molecule has 0 saturated heterocycles. The number of hydrogen-bond donors (Lipinski definition) is 1. The highest BCUT2D eigenvalue weighted by Crippen LogP contribution is 1.91. The molecular formula is C5H10N2O3. The van der Waals surface area contributed by atoms with Crippen LogP contribution in [0.2, 0.25) is 0 Å². The molecule has 10 heavy (non-hydrogen) atoms. The summed E-state index contributed by atoms with van der Waals surface area (Å²) in [6.07, 6.45) is 0.223. The minimum absolute atomic E-state index is 0.141. The van der Waals surface area contributed by atoms with Gasteiger partial charge in [-0.15, -0.1) is 4.91 Å². The molecule has 0 aromatic carbocycles. The van der Waals surface area contributed by atoms with E-state index in [1.165, 1.54) is 0 Å². The first-order valence-electron chi connectivity index (χ1n) is 3.07. The average molecular weight is 146 g/mol. The summed E-state index contributed by atoms with van der Waals surface area (Å²) >= 11 is 0. The van der Waals surface area contributed by atoms with E-state index in [-0.39, 0.29) is 6.41 Å². The molecule has 2 atom stereocenters. The van der Waals surface area contributed by atoms with Crippen molar-refractivity contribution >= 4 is 6.41 Å². The van der Waals surface area contributed by atoms with Gasteiger partial charge in [-0.05, 0) is 11.6 Å². The summed E-state index contributed by atoms with van der Waals surface area (Å²) in [6.45, 7) is 1.82. The Morgan fingerprint density at radius 1 is 1.80 bits per heavy atom. The number of nitrogens with zero attached hydrogens (tertiary/aromatic N) is 1. The number of nitrogens with one attached hydrogen (secondary N) is 1. The molecule has 2 unspecified atom stereocenters. The van der Waals surface area contributed by atoms with Gasteiger partial charge in [0.1, 0.15) is 0 Å². The van der Waals surface area contributed by atoms with Crippen LogP contribution >= 0.6 is 0 Å². The second kappa shape index (κ2) is 5.01. The van der Waals surface area contributed by atoms with Crippen LogP contribution in [0.3, 0.4) is 0 Å². The molecule has 1 N–H and O–H groups in total. The number of amides is 1. The van der Waals surface area contributed by atoms with Crippen molar-refractivity contribution in [3.63, 3.8) is 0 Å². The lowest BCUT2D eigenvalue weighted by molar-refractivity contribution is -0.784. The molecule has 0 aliphatic heterocycles. The van der Waals surface area contributed by atoms with Crippen LogP contribution in [-0.4, -0.2) is 12.6 Å². The maximum atomic E-state index is 10.5. The highest BCUT2D eigenvalue weighted by Gasteiger charge is 2.12. The molecule has 5 heteroatoms. The third-order valence-corrected chi connectivity index (χ3v) is 1.13. The van der Waals surface area contributed by atoms with E-state index < -0.39 is 11.2 Å².